The molecule has 4 nitrogen and oxygen atoms in total. The van der Waals surface area contributed by atoms with Gasteiger partial charge < -0.3 is 15.3 Å². The van der Waals surface area contributed by atoms with Gasteiger partial charge >= 0.3 is 0 Å². The molecular formula is C11H19N3O. The number of likely N-dealkylation sites (N-methyl/N-ethyl adjacent to an activating group) is 1. The minimum absolute atomic E-state index is 0.104. The Kier molecular flexibility index (Phi) is 3.52. The molecule has 0 aliphatic carbocycles. The van der Waals surface area contributed by atoms with Gasteiger partial charge in [-0.25, -0.2) is 0 Å². The van der Waals surface area contributed by atoms with Gasteiger partial charge in [0.25, 0.3) is 0 Å². The molecule has 1 aromatic rings. The highest BCUT2D eigenvalue weighted by Crippen LogP contribution is 2.23. The van der Waals surface area contributed by atoms with Crippen molar-refractivity contribution in [2.24, 2.45) is 0 Å². The number of hydrogen-bond acceptors (Lipinski definition) is 4. The van der Waals surface area contributed by atoms with Gasteiger partial charge in [0.2, 0.25) is 0 Å². The van der Waals surface area contributed by atoms with Crippen molar-refractivity contribution < 1.29 is 5.11 Å². The number of aromatic nitrogens is 1. The molecule has 4 heteroatoms. The Hall–Kier alpha value is -1.29. The molecule has 0 unspecified atom stereocenters. The lowest BCUT2D eigenvalue weighted by molar-refractivity contribution is 0.216. The largest absolute Gasteiger partial charge is 0.394 e. The van der Waals surface area contributed by atoms with E-state index < -0.39 is 0 Å². The van der Waals surface area contributed by atoms with Crippen molar-refractivity contribution in [1.29, 1.82) is 0 Å². The molecule has 0 aliphatic rings. The quantitative estimate of drug-likeness (QED) is 0.785. The maximum absolute atomic E-state index is 9.27. The Labute approximate surface area is 90.9 Å². The Morgan fingerprint density at radius 1 is 1.47 bits per heavy atom. The lowest BCUT2D eigenvalue weighted by Gasteiger charge is -2.35. The van der Waals surface area contributed by atoms with E-state index in [4.69, 9.17) is 0 Å². The molecule has 0 spiro atoms. The maximum Gasteiger partial charge on any atom is 0.0658 e. The van der Waals surface area contributed by atoms with Crippen LogP contribution in [0.3, 0.4) is 0 Å². The van der Waals surface area contributed by atoms with Gasteiger partial charge in [0.1, 0.15) is 0 Å². The average molecular weight is 209 g/mol. The summed E-state index contributed by atoms with van der Waals surface area (Å²) in [6, 6.07) is 2.00. The number of aliphatic hydroxyl groups excluding tert-OH is 1. The summed E-state index contributed by atoms with van der Waals surface area (Å²) < 4.78 is 0. The van der Waals surface area contributed by atoms with E-state index in [-0.39, 0.29) is 12.1 Å². The number of nitrogens with one attached hydrogen (secondary N) is 1. The first kappa shape index (κ1) is 11.8. The van der Waals surface area contributed by atoms with Crippen LogP contribution in [0, 0.1) is 0 Å². The first-order chi connectivity index (χ1) is 7.01. The molecule has 1 aromatic heterocycles. The van der Waals surface area contributed by atoms with E-state index in [0.717, 1.165) is 11.4 Å². The Morgan fingerprint density at radius 2 is 2.13 bits per heavy atom. The van der Waals surface area contributed by atoms with Crippen LogP contribution < -0.4 is 10.2 Å². The fourth-order valence-electron chi connectivity index (χ4n) is 1.20. The van der Waals surface area contributed by atoms with Crippen molar-refractivity contribution in [3.05, 3.63) is 18.5 Å². The van der Waals surface area contributed by atoms with Crippen LogP contribution in [-0.2, 0) is 0 Å². The van der Waals surface area contributed by atoms with Crippen LogP contribution >= 0.6 is 0 Å². The third-order valence-corrected chi connectivity index (χ3v) is 2.69. The smallest absolute Gasteiger partial charge is 0.0658 e. The van der Waals surface area contributed by atoms with Gasteiger partial charge in [0.15, 0.2) is 0 Å². The van der Waals surface area contributed by atoms with Gasteiger partial charge in [-0.1, -0.05) is 0 Å². The average Bonchev–Trinajstić information content (AvgIpc) is 2.28. The SMILES string of the molecule is CNc1cncc(N(C)C(C)(C)CO)c1. The molecule has 0 aromatic carbocycles. The number of nitrogens with zero attached hydrogens (tertiary/aromatic N) is 2. The summed E-state index contributed by atoms with van der Waals surface area (Å²) in [5.74, 6) is 0. The molecular weight excluding hydrogens is 190 g/mol. The van der Waals surface area contributed by atoms with Crippen molar-refractivity contribution in [2.75, 3.05) is 30.9 Å². The molecule has 0 amide bonds. The summed E-state index contributed by atoms with van der Waals surface area (Å²) in [6.45, 7) is 4.07. The summed E-state index contributed by atoms with van der Waals surface area (Å²) in [7, 11) is 3.81. The van der Waals surface area contributed by atoms with Crippen LogP contribution in [-0.4, -0.2) is 36.3 Å². The lowest BCUT2D eigenvalue weighted by atomic mass is 10.0. The minimum Gasteiger partial charge on any atom is -0.394 e. The topological polar surface area (TPSA) is 48.4 Å². The zero-order valence-corrected chi connectivity index (χ0v) is 9.78. The molecule has 1 rings (SSSR count). The van der Waals surface area contributed by atoms with Gasteiger partial charge in [-0.3, -0.25) is 4.98 Å². The van der Waals surface area contributed by atoms with Crippen LogP contribution in [0.2, 0.25) is 0 Å². The highest BCUT2D eigenvalue weighted by atomic mass is 16.3. The second-order valence-electron chi connectivity index (χ2n) is 4.21. The van der Waals surface area contributed by atoms with Crippen LogP contribution in [0.15, 0.2) is 18.5 Å². The molecule has 0 fully saturated rings. The Morgan fingerprint density at radius 3 is 2.67 bits per heavy atom. The fourth-order valence-corrected chi connectivity index (χ4v) is 1.20. The number of aliphatic hydroxyl groups is 1. The minimum atomic E-state index is -0.284. The van der Waals surface area contributed by atoms with Gasteiger partial charge in [-0.2, -0.15) is 0 Å². The zero-order chi connectivity index (χ0) is 11.5. The second kappa shape index (κ2) is 4.49. The van der Waals surface area contributed by atoms with E-state index in [1.807, 2.05) is 38.9 Å². The molecule has 0 bridgehead atoms. The van der Waals surface area contributed by atoms with Gasteiger partial charge in [-0.05, 0) is 19.9 Å². The van der Waals surface area contributed by atoms with E-state index in [2.05, 4.69) is 10.3 Å². The van der Waals surface area contributed by atoms with E-state index >= 15 is 0 Å². The highest BCUT2D eigenvalue weighted by molar-refractivity contribution is 5.56. The van der Waals surface area contributed by atoms with Gasteiger partial charge in [0.05, 0.1) is 35.9 Å². The van der Waals surface area contributed by atoms with Crippen molar-refractivity contribution >= 4 is 11.4 Å². The number of rotatable bonds is 4. The second-order valence-corrected chi connectivity index (χ2v) is 4.21. The fraction of sp³-hybridized carbons (Fsp3) is 0.545. The third-order valence-electron chi connectivity index (χ3n) is 2.69. The number of anilines is 2. The molecule has 84 valence electrons. The van der Waals surface area contributed by atoms with Gasteiger partial charge in [0, 0.05) is 14.1 Å². The zero-order valence-electron chi connectivity index (χ0n) is 9.78. The first-order valence-electron chi connectivity index (χ1n) is 4.99. The van der Waals surface area contributed by atoms with Crippen LogP contribution in [0.25, 0.3) is 0 Å². The summed E-state index contributed by atoms with van der Waals surface area (Å²) in [5.41, 5.74) is 1.67. The highest BCUT2D eigenvalue weighted by Gasteiger charge is 2.22. The predicted molar refractivity (Wildman–Crippen MR) is 63.4 cm³/mol. The first-order valence-corrected chi connectivity index (χ1v) is 4.99. The molecule has 15 heavy (non-hydrogen) atoms. The van der Waals surface area contributed by atoms with Crippen molar-refractivity contribution in [3.63, 3.8) is 0 Å². The summed E-state index contributed by atoms with van der Waals surface area (Å²) in [6.07, 6.45) is 3.56. The molecule has 2 N–H and O–H groups in total. The van der Waals surface area contributed by atoms with Crippen LogP contribution in [0.4, 0.5) is 11.4 Å². The monoisotopic (exact) mass is 209 g/mol. The lowest BCUT2D eigenvalue weighted by Crippen LogP contribution is -2.44. The van der Waals surface area contributed by atoms with Crippen molar-refractivity contribution in [3.8, 4) is 0 Å². The summed E-state index contributed by atoms with van der Waals surface area (Å²) in [5, 5.41) is 12.3. The van der Waals surface area contributed by atoms with Crippen LogP contribution in [0.1, 0.15) is 13.8 Å². The summed E-state index contributed by atoms with van der Waals surface area (Å²) in [4.78, 5) is 6.15. The van der Waals surface area contributed by atoms with Crippen molar-refractivity contribution in [2.45, 2.75) is 19.4 Å². The third kappa shape index (κ3) is 2.59. The summed E-state index contributed by atoms with van der Waals surface area (Å²) >= 11 is 0. The number of hydrogen-bond donors (Lipinski definition) is 2. The van der Waals surface area contributed by atoms with Crippen LogP contribution in [0.5, 0.6) is 0 Å². The van der Waals surface area contributed by atoms with E-state index in [1.165, 1.54) is 0 Å². The molecule has 0 atom stereocenters. The van der Waals surface area contributed by atoms with Gasteiger partial charge in [-0.15, -0.1) is 0 Å². The Balaban J connectivity index is 2.95. The molecule has 0 radical (unpaired) electrons. The molecule has 0 saturated carbocycles. The standard InChI is InChI=1S/C11H19N3O/c1-11(2,8-15)14(4)10-5-9(12-3)6-13-7-10/h5-7,12,15H,8H2,1-4H3. The Bertz CT molecular complexity index is 325. The van der Waals surface area contributed by atoms with E-state index in [0.29, 0.717) is 0 Å². The van der Waals surface area contributed by atoms with E-state index in [9.17, 15) is 5.11 Å². The normalized spacial score (nSPS) is 11.3. The molecule has 0 aliphatic heterocycles. The molecule has 0 saturated heterocycles. The van der Waals surface area contributed by atoms with Crippen molar-refractivity contribution in [1.82, 2.24) is 4.98 Å². The molecule has 1 heterocycles. The number of pyridine rings is 1. The van der Waals surface area contributed by atoms with E-state index in [1.54, 1.807) is 12.4 Å². The maximum atomic E-state index is 9.27. The predicted octanol–water partition coefficient (Wildman–Crippen LogP) is 1.33.